The number of rotatable bonds is 10. The van der Waals surface area contributed by atoms with Crippen LogP contribution in [0.4, 0.5) is 10.1 Å². The first-order chi connectivity index (χ1) is 17.7. The molecule has 194 valence electrons. The van der Waals surface area contributed by atoms with Crippen LogP contribution in [0.1, 0.15) is 48.3 Å². The van der Waals surface area contributed by atoms with Crippen molar-refractivity contribution in [2.75, 3.05) is 11.9 Å². The minimum atomic E-state index is -0.989. The number of ether oxygens (including phenoxy) is 2. The van der Waals surface area contributed by atoms with E-state index in [1.807, 2.05) is 20.8 Å². The maximum absolute atomic E-state index is 14.0. The van der Waals surface area contributed by atoms with Gasteiger partial charge in [0.1, 0.15) is 17.7 Å². The number of amidine groups is 1. The molecule has 0 heterocycles. The van der Waals surface area contributed by atoms with Crippen molar-refractivity contribution in [3.8, 4) is 11.5 Å². The van der Waals surface area contributed by atoms with E-state index in [1.54, 1.807) is 42.5 Å². The van der Waals surface area contributed by atoms with Crippen molar-refractivity contribution in [3.05, 3.63) is 89.2 Å². The second-order valence-electron chi connectivity index (χ2n) is 8.30. The molecule has 9 nitrogen and oxygen atoms in total. The van der Waals surface area contributed by atoms with E-state index in [2.05, 4.69) is 16.2 Å². The van der Waals surface area contributed by atoms with Crippen LogP contribution >= 0.6 is 0 Å². The molecule has 0 aliphatic carbocycles. The van der Waals surface area contributed by atoms with E-state index in [4.69, 9.17) is 20.6 Å². The number of halogens is 1. The molecule has 1 unspecified atom stereocenters. The molecule has 3 aromatic carbocycles. The Morgan fingerprint density at radius 1 is 1.00 bits per heavy atom. The van der Waals surface area contributed by atoms with E-state index in [1.165, 1.54) is 18.2 Å². The Kier molecular flexibility index (Phi) is 9.04. The van der Waals surface area contributed by atoms with Crippen molar-refractivity contribution >= 4 is 23.3 Å². The number of carbonyl (C=O) groups excluding carboxylic acids is 2. The second kappa shape index (κ2) is 12.4. The quantitative estimate of drug-likeness (QED) is 0.160. The van der Waals surface area contributed by atoms with Gasteiger partial charge in [0, 0.05) is 11.3 Å². The molecule has 0 spiro atoms. The van der Waals surface area contributed by atoms with Crippen molar-refractivity contribution in [2.45, 2.75) is 32.9 Å². The summed E-state index contributed by atoms with van der Waals surface area (Å²) >= 11 is 0. The maximum Gasteiger partial charge on any atom is 0.272 e. The number of benzene rings is 3. The summed E-state index contributed by atoms with van der Waals surface area (Å²) in [6.45, 7) is 6.01. The standard InChI is InChI=1S/C27H30FN5O4/c1-4-36-23-15-18(11-14-22(23)37-16(2)3)24(31-19-12-9-17(10-13-19)25(29)30)27(35)33-32-26(34)20-7-5-6-8-21(20)28/h5-16,24,31H,4H2,1-3H3,(H3,29,30)(H,32,34)(H,33,35). The van der Waals surface area contributed by atoms with Gasteiger partial charge in [-0.05, 0) is 74.9 Å². The number of amides is 2. The second-order valence-corrected chi connectivity index (χ2v) is 8.30. The average molecular weight is 508 g/mol. The third-order valence-corrected chi connectivity index (χ3v) is 5.15. The zero-order valence-electron chi connectivity index (χ0n) is 20.8. The highest BCUT2D eigenvalue weighted by molar-refractivity contribution is 5.97. The number of nitrogen functional groups attached to an aromatic ring is 1. The molecule has 3 aromatic rings. The first-order valence-electron chi connectivity index (χ1n) is 11.7. The minimum absolute atomic E-state index is 0.0844. The fourth-order valence-corrected chi connectivity index (χ4v) is 3.44. The van der Waals surface area contributed by atoms with E-state index in [9.17, 15) is 14.0 Å². The molecule has 0 fully saturated rings. The molecule has 0 aliphatic rings. The van der Waals surface area contributed by atoms with E-state index in [-0.39, 0.29) is 17.5 Å². The summed E-state index contributed by atoms with van der Waals surface area (Å²) in [5.41, 5.74) is 11.5. The highest BCUT2D eigenvalue weighted by atomic mass is 19.1. The third kappa shape index (κ3) is 7.20. The van der Waals surface area contributed by atoms with E-state index in [0.29, 0.717) is 34.9 Å². The average Bonchev–Trinajstić information content (AvgIpc) is 2.87. The van der Waals surface area contributed by atoms with Crippen molar-refractivity contribution in [1.29, 1.82) is 5.41 Å². The van der Waals surface area contributed by atoms with Gasteiger partial charge in [0.05, 0.1) is 18.3 Å². The SMILES string of the molecule is CCOc1cc(C(Nc2ccc(C(=N)N)cc2)C(=O)NNC(=O)c2ccccc2F)ccc1OC(C)C. The Labute approximate surface area is 214 Å². The molecule has 37 heavy (non-hydrogen) atoms. The van der Waals surface area contributed by atoms with Crippen molar-refractivity contribution < 1.29 is 23.5 Å². The van der Waals surface area contributed by atoms with Gasteiger partial charge in [0.2, 0.25) is 0 Å². The van der Waals surface area contributed by atoms with Crippen LogP contribution in [0.2, 0.25) is 0 Å². The topological polar surface area (TPSA) is 139 Å². The fourth-order valence-electron chi connectivity index (χ4n) is 3.44. The highest BCUT2D eigenvalue weighted by Crippen LogP contribution is 2.33. The molecule has 0 aromatic heterocycles. The monoisotopic (exact) mass is 507 g/mol. The van der Waals surface area contributed by atoms with Crippen LogP contribution in [-0.2, 0) is 4.79 Å². The zero-order chi connectivity index (χ0) is 26.9. The van der Waals surface area contributed by atoms with Crippen LogP contribution in [-0.4, -0.2) is 30.4 Å². The molecule has 10 heteroatoms. The van der Waals surface area contributed by atoms with Crippen molar-refractivity contribution in [3.63, 3.8) is 0 Å². The van der Waals surface area contributed by atoms with E-state index >= 15 is 0 Å². The first kappa shape index (κ1) is 27.0. The number of hydrogen-bond acceptors (Lipinski definition) is 6. The van der Waals surface area contributed by atoms with E-state index in [0.717, 1.165) is 6.07 Å². The summed E-state index contributed by atoms with van der Waals surface area (Å²) in [7, 11) is 0. The van der Waals surface area contributed by atoms with Crippen LogP contribution < -0.4 is 31.4 Å². The number of carbonyl (C=O) groups is 2. The summed E-state index contributed by atoms with van der Waals surface area (Å²) < 4.78 is 25.5. The highest BCUT2D eigenvalue weighted by Gasteiger charge is 2.24. The van der Waals surface area contributed by atoms with Gasteiger partial charge in [-0.15, -0.1) is 0 Å². The molecule has 0 saturated heterocycles. The number of hydrazine groups is 1. The summed E-state index contributed by atoms with van der Waals surface area (Å²) in [6, 6.07) is 16.2. The molecule has 1 atom stereocenters. The Morgan fingerprint density at radius 3 is 2.32 bits per heavy atom. The van der Waals surface area contributed by atoms with Crippen molar-refractivity contribution in [1.82, 2.24) is 10.9 Å². The molecular formula is C27H30FN5O4. The lowest BCUT2D eigenvalue weighted by Gasteiger charge is -2.22. The van der Waals surface area contributed by atoms with Gasteiger partial charge in [-0.3, -0.25) is 25.8 Å². The number of hydrogen-bond donors (Lipinski definition) is 5. The van der Waals surface area contributed by atoms with Crippen LogP contribution in [0.3, 0.4) is 0 Å². The van der Waals surface area contributed by atoms with Gasteiger partial charge in [-0.1, -0.05) is 18.2 Å². The smallest absolute Gasteiger partial charge is 0.272 e. The van der Waals surface area contributed by atoms with Gasteiger partial charge in [0.25, 0.3) is 11.8 Å². The molecule has 0 bridgehead atoms. The third-order valence-electron chi connectivity index (χ3n) is 5.15. The predicted octanol–water partition coefficient (Wildman–Crippen LogP) is 3.91. The zero-order valence-corrected chi connectivity index (χ0v) is 20.8. The van der Waals surface area contributed by atoms with Gasteiger partial charge in [-0.25, -0.2) is 4.39 Å². The molecule has 2 amide bonds. The van der Waals surface area contributed by atoms with Gasteiger partial charge >= 0.3 is 0 Å². The normalized spacial score (nSPS) is 11.4. The molecule has 0 saturated carbocycles. The maximum atomic E-state index is 14.0. The number of anilines is 1. The largest absolute Gasteiger partial charge is 0.490 e. The van der Waals surface area contributed by atoms with Gasteiger partial charge in [-0.2, -0.15) is 0 Å². The number of nitrogens with two attached hydrogens (primary N) is 1. The molecule has 6 N–H and O–H groups in total. The van der Waals surface area contributed by atoms with Gasteiger partial charge < -0.3 is 20.5 Å². The van der Waals surface area contributed by atoms with Gasteiger partial charge in [0.15, 0.2) is 11.5 Å². The predicted molar refractivity (Wildman–Crippen MR) is 139 cm³/mol. The Bertz CT molecular complexity index is 1260. The molecule has 0 radical (unpaired) electrons. The van der Waals surface area contributed by atoms with Crippen LogP contribution in [0.5, 0.6) is 11.5 Å². The summed E-state index contributed by atoms with van der Waals surface area (Å²) in [5.74, 6) is -1.23. The molecule has 0 aliphatic heterocycles. The number of nitrogens with one attached hydrogen (secondary N) is 4. The Hall–Kier alpha value is -4.60. The molecule has 3 rings (SSSR count). The van der Waals surface area contributed by atoms with Crippen LogP contribution in [0.15, 0.2) is 66.7 Å². The van der Waals surface area contributed by atoms with Crippen LogP contribution in [0, 0.1) is 11.2 Å². The van der Waals surface area contributed by atoms with Crippen LogP contribution in [0.25, 0.3) is 0 Å². The lowest BCUT2D eigenvalue weighted by atomic mass is 10.0. The van der Waals surface area contributed by atoms with E-state index < -0.39 is 23.7 Å². The lowest BCUT2D eigenvalue weighted by Crippen LogP contribution is -2.45. The summed E-state index contributed by atoms with van der Waals surface area (Å²) in [6.07, 6.45) is -0.0874. The Morgan fingerprint density at radius 2 is 1.70 bits per heavy atom. The molecular weight excluding hydrogens is 477 g/mol. The minimum Gasteiger partial charge on any atom is -0.490 e. The first-order valence-corrected chi connectivity index (χ1v) is 11.7. The van der Waals surface area contributed by atoms with Crippen molar-refractivity contribution in [2.24, 2.45) is 5.73 Å². The summed E-state index contributed by atoms with van der Waals surface area (Å²) in [5, 5.41) is 10.7. The Balaban J connectivity index is 1.89. The lowest BCUT2D eigenvalue weighted by molar-refractivity contribution is -0.122. The fraction of sp³-hybridized carbons (Fsp3) is 0.222. The summed E-state index contributed by atoms with van der Waals surface area (Å²) in [4.78, 5) is 25.7.